The predicted octanol–water partition coefficient (Wildman–Crippen LogP) is 2.06. The fourth-order valence-corrected chi connectivity index (χ4v) is 0.822. The maximum Gasteiger partial charge on any atom is 0.145 e. The van der Waals surface area contributed by atoms with Gasteiger partial charge in [0, 0.05) is 0 Å². The van der Waals surface area contributed by atoms with Crippen LogP contribution in [0.1, 0.15) is 25.7 Å². The maximum atomic E-state index is 10.1. The summed E-state index contributed by atoms with van der Waals surface area (Å²) in [5.41, 5.74) is 1.23. The number of carbonyl (C=O) groups excluding carboxylic acids is 2. The molecule has 0 aliphatic rings. The number of hydrogen-bond donors (Lipinski definition) is 0. The summed E-state index contributed by atoms with van der Waals surface area (Å²) in [6, 6.07) is 0. The van der Waals surface area contributed by atoms with Gasteiger partial charge < -0.3 is 0 Å². The summed E-state index contributed by atoms with van der Waals surface area (Å²) < 4.78 is 0. The van der Waals surface area contributed by atoms with E-state index in [4.69, 9.17) is 0 Å². The molecule has 0 aromatic rings. The van der Waals surface area contributed by atoms with E-state index in [2.05, 4.69) is 13.2 Å². The third kappa shape index (κ3) is 5.59. The lowest BCUT2D eigenvalue weighted by Crippen LogP contribution is -1.86. The molecule has 0 unspecified atom stereocenters. The van der Waals surface area contributed by atoms with Crippen LogP contribution in [0.15, 0.2) is 24.3 Å². The van der Waals surface area contributed by atoms with Crippen LogP contribution in [0.5, 0.6) is 0 Å². The Morgan fingerprint density at radius 3 is 1.50 bits per heavy atom. The van der Waals surface area contributed by atoms with Crippen molar-refractivity contribution in [3.05, 3.63) is 24.3 Å². The van der Waals surface area contributed by atoms with E-state index in [0.717, 1.165) is 38.3 Å². The van der Waals surface area contributed by atoms with E-state index in [1.54, 1.807) is 0 Å². The molecule has 0 rings (SSSR count). The minimum Gasteiger partial charge on any atom is -0.298 e. The number of aldehydes is 2. The van der Waals surface area contributed by atoms with Gasteiger partial charge in [-0.3, -0.25) is 9.59 Å². The molecule has 0 heterocycles. The first-order valence-electron chi connectivity index (χ1n) is 3.96. The van der Waals surface area contributed by atoms with Gasteiger partial charge in [0.1, 0.15) is 12.6 Å². The van der Waals surface area contributed by atoms with Crippen LogP contribution in [0, 0.1) is 0 Å². The van der Waals surface area contributed by atoms with Crippen LogP contribution < -0.4 is 0 Å². The van der Waals surface area contributed by atoms with Crippen molar-refractivity contribution in [1.29, 1.82) is 0 Å². The van der Waals surface area contributed by atoms with Gasteiger partial charge in [0.05, 0.1) is 0 Å². The second-order valence-corrected chi connectivity index (χ2v) is 2.76. The molecule has 0 bridgehead atoms. The zero-order valence-electron chi connectivity index (χ0n) is 7.21. The van der Waals surface area contributed by atoms with Crippen LogP contribution in [-0.4, -0.2) is 12.6 Å². The molecule has 0 N–H and O–H groups in total. The average Bonchev–Trinajstić information content (AvgIpc) is 2.11. The quantitative estimate of drug-likeness (QED) is 0.329. The lowest BCUT2D eigenvalue weighted by Gasteiger charge is -1.97. The molecule has 0 aliphatic carbocycles. The monoisotopic (exact) mass is 166 g/mol. The molecule has 0 aromatic heterocycles. The molecule has 2 heteroatoms. The molecule has 0 saturated carbocycles. The summed E-state index contributed by atoms with van der Waals surface area (Å²) in [5, 5.41) is 0. The van der Waals surface area contributed by atoms with Crippen LogP contribution >= 0.6 is 0 Å². The van der Waals surface area contributed by atoms with E-state index < -0.39 is 0 Å². The highest BCUT2D eigenvalue weighted by Gasteiger charge is 1.94. The fourth-order valence-electron chi connectivity index (χ4n) is 0.822. The summed E-state index contributed by atoms with van der Waals surface area (Å²) >= 11 is 0. The lowest BCUT2D eigenvalue weighted by molar-refractivity contribution is -0.105. The van der Waals surface area contributed by atoms with Gasteiger partial charge in [-0.05, 0) is 36.8 Å². The molecule has 2 nitrogen and oxygen atoms in total. The first-order chi connectivity index (χ1) is 5.70. The van der Waals surface area contributed by atoms with E-state index in [-0.39, 0.29) is 0 Å². The van der Waals surface area contributed by atoms with Crippen molar-refractivity contribution in [2.24, 2.45) is 0 Å². The standard InChI is InChI=1S/C10H14O2/c1-9(7-11)5-3-4-6-10(2)8-12/h7-8H,1-6H2. The molecule has 12 heavy (non-hydrogen) atoms. The Kier molecular flexibility index (Phi) is 5.88. The molecule has 0 fully saturated rings. The van der Waals surface area contributed by atoms with E-state index in [1.165, 1.54) is 0 Å². The lowest BCUT2D eigenvalue weighted by atomic mass is 10.1. The molecule has 0 aromatic carbocycles. The third-order valence-electron chi connectivity index (χ3n) is 1.58. The Balaban J connectivity index is 3.32. The topological polar surface area (TPSA) is 34.1 Å². The Morgan fingerprint density at radius 1 is 0.917 bits per heavy atom. The van der Waals surface area contributed by atoms with Crippen molar-refractivity contribution in [3.8, 4) is 0 Å². The molecule has 66 valence electrons. The molecule has 0 radical (unpaired) electrons. The molecule has 0 saturated heterocycles. The Labute approximate surface area is 73.0 Å². The average molecular weight is 166 g/mol. The molecule has 0 amide bonds. The van der Waals surface area contributed by atoms with Gasteiger partial charge in [0.2, 0.25) is 0 Å². The van der Waals surface area contributed by atoms with Gasteiger partial charge in [0.15, 0.2) is 0 Å². The summed E-state index contributed by atoms with van der Waals surface area (Å²) in [4.78, 5) is 20.2. The number of carbonyl (C=O) groups is 2. The summed E-state index contributed by atoms with van der Waals surface area (Å²) in [7, 11) is 0. The van der Waals surface area contributed by atoms with Crippen molar-refractivity contribution in [1.82, 2.24) is 0 Å². The van der Waals surface area contributed by atoms with E-state index >= 15 is 0 Å². The highest BCUT2D eigenvalue weighted by molar-refractivity contribution is 5.72. The molecule has 0 aliphatic heterocycles. The smallest absolute Gasteiger partial charge is 0.145 e. The van der Waals surface area contributed by atoms with Crippen molar-refractivity contribution in [3.63, 3.8) is 0 Å². The zero-order chi connectivity index (χ0) is 9.40. The van der Waals surface area contributed by atoms with Crippen LogP contribution in [0.4, 0.5) is 0 Å². The highest BCUT2D eigenvalue weighted by Crippen LogP contribution is 2.08. The summed E-state index contributed by atoms with van der Waals surface area (Å²) in [6.45, 7) is 7.10. The van der Waals surface area contributed by atoms with Crippen molar-refractivity contribution < 1.29 is 9.59 Å². The number of hydrogen-bond acceptors (Lipinski definition) is 2. The van der Waals surface area contributed by atoms with Crippen LogP contribution in [0.25, 0.3) is 0 Å². The second kappa shape index (κ2) is 6.53. The largest absolute Gasteiger partial charge is 0.298 e. The summed E-state index contributed by atoms with van der Waals surface area (Å²) in [6.07, 6.45) is 4.77. The Bertz CT molecular complexity index is 170. The van der Waals surface area contributed by atoms with Gasteiger partial charge in [0.25, 0.3) is 0 Å². The predicted molar refractivity (Wildman–Crippen MR) is 48.9 cm³/mol. The first kappa shape index (κ1) is 10.8. The number of unbranched alkanes of at least 4 members (excludes halogenated alkanes) is 1. The molecule has 0 atom stereocenters. The van der Waals surface area contributed by atoms with Crippen LogP contribution in [-0.2, 0) is 9.59 Å². The molecular weight excluding hydrogens is 152 g/mol. The van der Waals surface area contributed by atoms with E-state index in [1.807, 2.05) is 0 Å². The number of rotatable bonds is 7. The summed E-state index contributed by atoms with van der Waals surface area (Å²) in [5.74, 6) is 0. The van der Waals surface area contributed by atoms with Crippen LogP contribution in [0.2, 0.25) is 0 Å². The third-order valence-corrected chi connectivity index (χ3v) is 1.58. The van der Waals surface area contributed by atoms with Gasteiger partial charge in [-0.15, -0.1) is 0 Å². The van der Waals surface area contributed by atoms with Gasteiger partial charge >= 0.3 is 0 Å². The van der Waals surface area contributed by atoms with Gasteiger partial charge in [-0.2, -0.15) is 0 Å². The van der Waals surface area contributed by atoms with Crippen molar-refractivity contribution >= 4 is 12.6 Å². The second-order valence-electron chi connectivity index (χ2n) is 2.76. The first-order valence-corrected chi connectivity index (χ1v) is 3.96. The zero-order valence-corrected chi connectivity index (χ0v) is 7.21. The minimum atomic E-state index is 0.617. The number of allylic oxidation sites excluding steroid dienone is 2. The van der Waals surface area contributed by atoms with Gasteiger partial charge in [-0.25, -0.2) is 0 Å². The SMILES string of the molecule is C=C(C=O)CCCCC(=C)C=O. The Hall–Kier alpha value is -1.18. The molecule has 0 spiro atoms. The van der Waals surface area contributed by atoms with E-state index in [0.29, 0.717) is 11.1 Å². The highest BCUT2D eigenvalue weighted by atomic mass is 16.1. The minimum absolute atomic E-state index is 0.617. The van der Waals surface area contributed by atoms with Gasteiger partial charge in [-0.1, -0.05) is 13.2 Å². The fraction of sp³-hybridized carbons (Fsp3) is 0.400. The van der Waals surface area contributed by atoms with Crippen molar-refractivity contribution in [2.45, 2.75) is 25.7 Å². The van der Waals surface area contributed by atoms with E-state index in [9.17, 15) is 9.59 Å². The van der Waals surface area contributed by atoms with Crippen LogP contribution in [0.3, 0.4) is 0 Å². The van der Waals surface area contributed by atoms with Crippen molar-refractivity contribution in [2.75, 3.05) is 0 Å². The molecular formula is C10H14O2. The maximum absolute atomic E-state index is 10.1. The normalized spacial score (nSPS) is 9.00. The Morgan fingerprint density at radius 2 is 1.25 bits per heavy atom.